The van der Waals surface area contributed by atoms with Crippen LogP contribution in [0.25, 0.3) is 5.69 Å². The van der Waals surface area contributed by atoms with E-state index in [1.165, 1.54) is 0 Å². The van der Waals surface area contributed by atoms with Crippen LogP contribution in [0.2, 0.25) is 5.02 Å². The highest BCUT2D eigenvalue weighted by Gasteiger charge is 2.00. The maximum atomic E-state index is 6.10. The number of nitrogens with zero attached hydrogens (tertiary/aromatic N) is 1. The molecule has 0 bridgehead atoms. The zero-order valence-electron chi connectivity index (χ0n) is 6.74. The molecule has 0 spiro atoms. The minimum absolute atomic E-state index is 0.781. The van der Waals surface area contributed by atoms with Gasteiger partial charge < -0.3 is 4.57 Å². The summed E-state index contributed by atoms with van der Waals surface area (Å²) in [7, 11) is 0. The normalized spacial score (nSPS) is 10.3. The van der Waals surface area contributed by atoms with Crippen molar-refractivity contribution in [1.29, 1.82) is 0 Å². The van der Waals surface area contributed by atoms with Gasteiger partial charge in [-0.1, -0.05) is 11.6 Å². The molecule has 1 heterocycles. The molecular formula is C10H7ClIN. The molecule has 0 saturated heterocycles. The lowest BCUT2D eigenvalue weighted by Gasteiger charge is -2.05. The van der Waals surface area contributed by atoms with E-state index in [0.29, 0.717) is 0 Å². The van der Waals surface area contributed by atoms with Crippen molar-refractivity contribution in [2.75, 3.05) is 0 Å². The molecule has 0 amide bonds. The summed E-state index contributed by atoms with van der Waals surface area (Å²) < 4.78 is 3.15. The first-order chi connectivity index (χ1) is 6.27. The van der Waals surface area contributed by atoms with Crippen LogP contribution in [-0.2, 0) is 0 Å². The summed E-state index contributed by atoms with van der Waals surface area (Å²) >= 11 is 8.34. The lowest BCUT2D eigenvalue weighted by atomic mass is 10.3. The highest BCUT2D eigenvalue weighted by atomic mass is 127. The molecule has 66 valence electrons. The van der Waals surface area contributed by atoms with Gasteiger partial charge in [0.1, 0.15) is 0 Å². The van der Waals surface area contributed by atoms with E-state index in [4.69, 9.17) is 11.6 Å². The molecule has 1 aromatic carbocycles. The first-order valence-electron chi connectivity index (χ1n) is 3.86. The highest BCUT2D eigenvalue weighted by Crippen LogP contribution is 2.22. The van der Waals surface area contributed by atoms with E-state index < -0.39 is 0 Å². The van der Waals surface area contributed by atoms with Gasteiger partial charge in [0.05, 0.1) is 10.7 Å². The zero-order valence-corrected chi connectivity index (χ0v) is 9.66. The van der Waals surface area contributed by atoms with E-state index in [9.17, 15) is 0 Å². The van der Waals surface area contributed by atoms with Gasteiger partial charge in [-0.2, -0.15) is 0 Å². The van der Waals surface area contributed by atoms with E-state index in [2.05, 4.69) is 22.6 Å². The number of hydrogen-bond acceptors (Lipinski definition) is 0. The summed E-state index contributed by atoms with van der Waals surface area (Å²) in [6, 6.07) is 9.98. The minimum Gasteiger partial charge on any atom is -0.322 e. The zero-order chi connectivity index (χ0) is 9.26. The van der Waals surface area contributed by atoms with E-state index in [0.717, 1.165) is 14.3 Å². The van der Waals surface area contributed by atoms with Crippen LogP contribution in [0.4, 0.5) is 0 Å². The van der Waals surface area contributed by atoms with Crippen molar-refractivity contribution in [3.63, 3.8) is 0 Å². The second kappa shape index (κ2) is 3.72. The van der Waals surface area contributed by atoms with Crippen LogP contribution in [-0.4, -0.2) is 4.57 Å². The van der Waals surface area contributed by atoms with Gasteiger partial charge in [-0.05, 0) is 52.9 Å². The maximum absolute atomic E-state index is 6.10. The average molecular weight is 304 g/mol. The lowest BCUT2D eigenvalue weighted by molar-refractivity contribution is 1.08. The predicted octanol–water partition coefficient (Wildman–Crippen LogP) is 3.74. The molecule has 2 aromatic rings. The van der Waals surface area contributed by atoms with Crippen LogP contribution in [0.15, 0.2) is 42.7 Å². The summed E-state index contributed by atoms with van der Waals surface area (Å²) in [5.74, 6) is 0. The monoisotopic (exact) mass is 303 g/mol. The first-order valence-corrected chi connectivity index (χ1v) is 5.31. The van der Waals surface area contributed by atoms with Crippen molar-refractivity contribution < 1.29 is 0 Å². The van der Waals surface area contributed by atoms with Gasteiger partial charge in [-0.3, -0.25) is 0 Å². The number of benzene rings is 1. The third kappa shape index (κ3) is 1.89. The van der Waals surface area contributed by atoms with Gasteiger partial charge in [-0.25, -0.2) is 0 Å². The smallest absolute Gasteiger partial charge is 0.0656 e. The fourth-order valence-corrected chi connectivity index (χ4v) is 2.14. The van der Waals surface area contributed by atoms with Crippen molar-refractivity contribution in [3.05, 3.63) is 51.3 Å². The Kier molecular flexibility index (Phi) is 2.60. The Morgan fingerprint density at radius 1 is 1.15 bits per heavy atom. The third-order valence-electron chi connectivity index (χ3n) is 1.79. The fourth-order valence-electron chi connectivity index (χ4n) is 1.19. The SMILES string of the molecule is Clc1cc(I)ccc1-n1cccc1. The molecule has 0 N–H and O–H groups in total. The second-order valence-electron chi connectivity index (χ2n) is 2.69. The van der Waals surface area contributed by atoms with Gasteiger partial charge >= 0.3 is 0 Å². The molecule has 13 heavy (non-hydrogen) atoms. The molecule has 0 radical (unpaired) electrons. The molecule has 0 aliphatic rings. The van der Waals surface area contributed by atoms with Crippen LogP contribution < -0.4 is 0 Å². The van der Waals surface area contributed by atoms with E-state index in [-0.39, 0.29) is 0 Å². The van der Waals surface area contributed by atoms with Crippen LogP contribution in [0.5, 0.6) is 0 Å². The van der Waals surface area contributed by atoms with Gasteiger partial charge in [0, 0.05) is 16.0 Å². The summed E-state index contributed by atoms with van der Waals surface area (Å²) in [4.78, 5) is 0. The average Bonchev–Trinajstić information content (AvgIpc) is 2.56. The van der Waals surface area contributed by atoms with Crippen molar-refractivity contribution >= 4 is 34.2 Å². The van der Waals surface area contributed by atoms with Crippen molar-refractivity contribution in [3.8, 4) is 5.69 Å². The fraction of sp³-hybridized carbons (Fsp3) is 0. The molecule has 0 fully saturated rings. The van der Waals surface area contributed by atoms with Crippen LogP contribution in [0, 0.1) is 3.57 Å². The van der Waals surface area contributed by atoms with Crippen molar-refractivity contribution in [1.82, 2.24) is 4.57 Å². The molecule has 2 rings (SSSR count). The molecule has 0 aliphatic carbocycles. The molecule has 0 atom stereocenters. The third-order valence-corrected chi connectivity index (χ3v) is 2.77. The molecule has 3 heteroatoms. The topological polar surface area (TPSA) is 4.93 Å². The van der Waals surface area contributed by atoms with Crippen LogP contribution in [0.1, 0.15) is 0 Å². The molecule has 0 saturated carbocycles. The molecule has 0 unspecified atom stereocenters. The highest BCUT2D eigenvalue weighted by molar-refractivity contribution is 14.1. The molecule has 0 aliphatic heterocycles. The predicted molar refractivity (Wildman–Crippen MR) is 63.5 cm³/mol. The number of halogens is 2. The molecular weight excluding hydrogens is 296 g/mol. The summed E-state index contributed by atoms with van der Waals surface area (Å²) in [6.07, 6.45) is 3.96. The number of aromatic nitrogens is 1. The van der Waals surface area contributed by atoms with E-state index >= 15 is 0 Å². The minimum atomic E-state index is 0.781. The van der Waals surface area contributed by atoms with Gasteiger partial charge in [0.2, 0.25) is 0 Å². The first kappa shape index (κ1) is 9.09. The summed E-state index contributed by atoms with van der Waals surface area (Å²) in [5.41, 5.74) is 1.02. The van der Waals surface area contributed by atoms with Crippen LogP contribution >= 0.6 is 34.2 Å². The summed E-state index contributed by atoms with van der Waals surface area (Å²) in [6.45, 7) is 0. The number of rotatable bonds is 1. The number of hydrogen-bond donors (Lipinski definition) is 0. The van der Waals surface area contributed by atoms with E-state index in [1.807, 2.05) is 47.3 Å². The Morgan fingerprint density at radius 2 is 1.85 bits per heavy atom. The van der Waals surface area contributed by atoms with Crippen LogP contribution in [0.3, 0.4) is 0 Å². The Morgan fingerprint density at radius 3 is 2.46 bits per heavy atom. The van der Waals surface area contributed by atoms with Crippen molar-refractivity contribution in [2.45, 2.75) is 0 Å². The Hall–Kier alpha value is -0.480. The Labute approximate surface area is 95.5 Å². The van der Waals surface area contributed by atoms with Gasteiger partial charge in [-0.15, -0.1) is 0 Å². The molecule has 1 nitrogen and oxygen atoms in total. The van der Waals surface area contributed by atoms with Gasteiger partial charge in [0.15, 0.2) is 0 Å². The second-order valence-corrected chi connectivity index (χ2v) is 4.34. The Balaban J connectivity index is 2.53. The lowest BCUT2D eigenvalue weighted by Crippen LogP contribution is -1.90. The molecule has 1 aromatic heterocycles. The Bertz CT molecular complexity index is 409. The van der Waals surface area contributed by atoms with Crippen molar-refractivity contribution in [2.24, 2.45) is 0 Å². The summed E-state index contributed by atoms with van der Waals surface area (Å²) in [5, 5.41) is 0.781. The van der Waals surface area contributed by atoms with E-state index in [1.54, 1.807) is 0 Å². The maximum Gasteiger partial charge on any atom is 0.0656 e. The van der Waals surface area contributed by atoms with Gasteiger partial charge in [0.25, 0.3) is 0 Å². The standard InChI is InChI=1S/C10H7ClIN/c11-9-7-8(12)3-4-10(9)13-5-1-2-6-13/h1-7H. The quantitative estimate of drug-likeness (QED) is 0.707. The largest absolute Gasteiger partial charge is 0.322 e.